The molecule has 1 aromatic carbocycles. The smallest absolute Gasteiger partial charge is 0.322 e. The summed E-state index contributed by atoms with van der Waals surface area (Å²) in [4.78, 5) is 45.9. The maximum Gasteiger partial charge on any atom is 0.322 e. The molecule has 2 N–H and O–H groups in total. The Balaban J connectivity index is 1.43. The molecule has 9 heteroatoms. The molecule has 4 amide bonds. The van der Waals surface area contributed by atoms with Crippen molar-refractivity contribution in [3.63, 3.8) is 0 Å². The quantitative estimate of drug-likeness (QED) is 0.425. The lowest BCUT2D eigenvalue weighted by atomic mass is 9.96. The van der Waals surface area contributed by atoms with Crippen molar-refractivity contribution in [2.75, 3.05) is 13.2 Å². The fourth-order valence-electron chi connectivity index (χ4n) is 4.10. The topological polar surface area (TPSA) is 101 Å². The first-order chi connectivity index (χ1) is 16.5. The number of nitrogens with one attached hydrogen (secondary N) is 2. The summed E-state index contributed by atoms with van der Waals surface area (Å²) in [7, 11) is 0. The van der Waals surface area contributed by atoms with Crippen molar-refractivity contribution in [3.05, 3.63) is 70.7 Å². The zero-order valence-corrected chi connectivity index (χ0v) is 19.1. The van der Waals surface area contributed by atoms with Gasteiger partial charge in [0.2, 0.25) is 0 Å². The van der Waals surface area contributed by atoms with E-state index in [9.17, 15) is 14.4 Å². The molecule has 8 nitrogen and oxygen atoms in total. The highest BCUT2D eigenvalue weighted by Crippen LogP contribution is 2.37. The molecular weight excluding hydrogens is 452 g/mol. The van der Waals surface area contributed by atoms with Gasteiger partial charge in [-0.05, 0) is 48.9 Å². The van der Waals surface area contributed by atoms with E-state index in [1.165, 1.54) is 11.3 Å². The molecule has 170 valence electrons. The van der Waals surface area contributed by atoms with Crippen molar-refractivity contribution >= 4 is 29.2 Å². The number of pyridine rings is 1. The monoisotopic (exact) mass is 472 g/mol. The fourth-order valence-corrected chi connectivity index (χ4v) is 5.22. The minimum atomic E-state index is -1.39. The van der Waals surface area contributed by atoms with Gasteiger partial charge in [0.05, 0.1) is 17.1 Å². The number of carbonyl (C=O) groups excluding carboxylic acids is 3. The summed E-state index contributed by atoms with van der Waals surface area (Å²) in [5.74, 6) is 5.42. The zero-order chi connectivity index (χ0) is 23.7. The molecular formula is C25H20N4O4S. The Morgan fingerprint density at radius 2 is 2.06 bits per heavy atom. The van der Waals surface area contributed by atoms with E-state index in [0.717, 1.165) is 16.1 Å². The molecule has 3 aromatic rings. The van der Waals surface area contributed by atoms with Gasteiger partial charge in [0.15, 0.2) is 5.54 Å². The van der Waals surface area contributed by atoms with E-state index in [0.29, 0.717) is 22.7 Å². The molecule has 5 rings (SSSR count). The van der Waals surface area contributed by atoms with E-state index in [2.05, 4.69) is 27.5 Å². The first-order valence-electron chi connectivity index (χ1n) is 10.6. The van der Waals surface area contributed by atoms with E-state index in [1.54, 1.807) is 36.2 Å². The molecule has 4 heterocycles. The summed E-state index contributed by atoms with van der Waals surface area (Å²) < 4.78 is 5.58. The van der Waals surface area contributed by atoms with Crippen molar-refractivity contribution in [1.82, 2.24) is 20.5 Å². The molecule has 0 spiro atoms. The van der Waals surface area contributed by atoms with Crippen LogP contribution in [-0.4, -0.2) is 40.9 Å². The molecule has 2 aliphatic rings. The number of amides is 4. The molecule has 0 radical (unpaired) electrons. The number of imide groups is 1. The van der Waals surface area contributed by atoms with Crippen LogP contribution >= 0.6 is 11.3 Å². The van der Waals surface area contributed by atoms with E-state index in [4.69, 9.17) is 4.74 Å². The Labute approximate surface area is 200 Å². The molecule has 2 aromatic heterocycles. The van der Waals surface area contributed by atoms with Crippen molar-refractivity contribution in [3.8, 4) is 28.2 Å². The Morgan fingerprint density at radius 3 is 2.79 bits per heavy atom. The summed E-state index contributed by atoms with van der Waals surface area (Å²) in [5.41, 5.74) is 0.729. The molecule has 1 saturated heterocycles. The summed E-state index contributed by atoms with van der Waals surface area (Å²) in [5, 5.41) is 5.11. The first kappa shape index (κ1) is 21.7. The maximum atomic E-state index is 13.2. The van der Waals surface area contributed by atoms with Crippen LogP contribution in [0.3, 0.4) is 0 Å². The minimum absolute atomic E-state index is 0.00222. The minimum Gasteiger partial charge on any atom is -0.481 e. The van der Waals surface area contributed by atoms with Gasteiger partial charge in [-0.2, -0.15) is 0 Å². The second-order valence-electron chi connectivity index (χ2n) is 7.89. The second kappa shape index (κ2) is 8.65. The predicted molar refractivity (Wildman–Crippen MR) is 126 cm³/mol. The van der Waals surface area contributed by atoms with Crippen molar-refractivity contribution in [1.29, 1.82) is 0 Å². The van der Waals surface area contributed by atoms with Crippen LogP contribution in [0.5, 0.6) is 5.75 Å². The van der Waals surface area contributed by atoms with Crippen LogP contribution in [0.1, 0.15) is 27.7 Å². The van der Waals surface area contributed by atoms with Crippen LogP contribution < -0.4 is 15.4 Å². The molecule has 0 aliphatic carbocycles. The van der Waals surface area contributed by atoms with E-state index in [1.807, 2.05) is 30.3 Å². The largest absolute Gasteiger partial charge is 0.481 e. The highest BCUT2D eigenvalue weighted by molar-refractivity contribution is 7.15. The zero-order valence-electron chi connectivity index (χ0n) is 18.3. The lowest BCUT2D eigenvalue weighted by molar-refractivity contribution is -0.124. The number of rotatable bonds is 6. The van der Waals surface area contributed by atoms with Crippen molar-refractivity contribution in [2.24, 2.45) is 0 Å². The molecule has 1 atom stereocenters. The van der Waals surface area contributed by atoms with Crippen molar-refractivity contribution < 1.29 is 19.1 Å². The van der Waals surface area contributed by atoms with Crippen LogP contribution in [0.2, 0.25) is 0 Å². The van der Waals surface area contributed by atoms with Crippen molar-refractivity contribution in [2.45, 2.75) is 19.0 Å². The number of nitrogens with zero attached hydrogens (tertiary/aromatic N) is 2. The van der Waals surface area contributed by atoms with Gasteiger partial charge >= 0.3 is 6.03 Å². The highest BCUT2D eigenvalue weighted by Gasteiger charge is 2.51. The third-order valence-corrected chi connectivity index (χ3v) is 7.03. The maximum absolute atomic E-state index is 13.2. The van der Waals surface area contributed by atoms with Crippen LogP contribution in [0.15, 0.2) is 54.7 Å². The van der Waals surface area contributed by atoms with Gasteiger partial charge in [0.25, 0.3) is 11.8 Å². The number of ether oxygens (including phenoxy) is 1. The Morgan fingerprint density at radius 1 is 1.18 bits per heavy atom. The summed E-state index contributed by atoms with van der Waals surface area (Å²) in [6.45, 7) is 2.29. The van der Waals surface area contributed by atoms with Gasteiger partial charge in [-0.1, -0.05) is 18.1 Å². The van der Waals surface area contributed by atoms with Gasteiger partial charge in [-0.25, -0.2) is 4.79 Å². The fraction of sp³-hybridized carbons (Fsp3) is 0.200. The number of urea groups is 1. The molecule has 1 fully saturated rings. The SMILES string of the molecule is CC#CCOc1ccc2c(c1)C(=O)N(C[C@@]1(c3ccc(-c4ccccn4)s3)NC(=O)NC1=O)C2. The Bertz CT molecular complexity index is 1360. The van der Waals surface area contributed by atoms with Gasteiger partial charge in [0.1, 0.15) is 12.4 Å². The third-order valence-electron chi connectivity index (χ3n) is 5.76. The van der Waals surface area contributed by atoms with Crippen LogP contribution in [-0.2, 0) is 16.9 Å². The number of benzene rings is 1. The number of aromatic nitrogens is 1. The second-order valence-corrected chi connectivity index (χ2v) is 8.97. The standard InChI is InChI=1S/C25H20N4O4S/c1-2-3-12-33-17-8-7-16-14-29(22(30)18(16)13-17)15-25(23(31)27-24(32)28-25)21-10-9-20(34-21)19-6-4-5-11-26-19/h4-11,13H,12,14-15H2,1H3,(H2,27,28,31,32)/t25-/m0/s1. The molecule has 0 unspecified atom stereocenters. The van der Waals surface area contributed by atoms with E-state index < -0.39 is 17.5 Å². The van der Waals surface area contributed by atoms with Crippen LogP contribution in [0.25, 0.3) is 10.6 Å². The first-order valence-corrected chi connectivity index (χ1v) is 11.4. The van der Waals surface area contributed by atoms with E-state index in [-0.39, 0.29) is 19.1 Å². The third kappa shape index (κ3) is 3.78. The molecule has 0 bridgehead atoms. The Kier molecular flexibility index (Phi) is 5.51. The lowest BCUT2D eigenvalue weighted by Crippen LogP contribution is -2.52. The van der Waals surface area contributed by atoms with Gasteiger partial charge < -0.3 is 15.0 Å². The average molecular weight is 473 g/mol. The van der Waals surface area contributed by atoms with Gasteiger partial charge in [0, 0.05) is 23.2 Å². The normalized spacial score (nSPS) is 18.7. The number of carbonyl (C=O) groups is 3. The highest BCUT2D eigenvalue weighted by atomic mass is 32.1. The van der Waals surface area contributed by atoms with E-state index >= 15 is 0 Å². The predicted octanol–water partition coefficient (Wildman–Crippen LogP) is 2.90. The summed E-state index contributed by atoms with van der Waals surface area (Å²) >= 11 is 1.36. The van der Waals surface area contributed by atoms with Crippen LogP contribution in [0, 0.1) is 11.8 Å². The average Bonchev–Trinajstić information content (AvgIpc) is 3.52. The van der Waals surface area contributed by atoms with Crippen LogP contribution in [0.4, 0.5) is 4.79 Å². The molecule has 0 saturated carbocycles. The number of thiophene rings is 1. The lowest BCUT2D eigenvalue weighted by Gasteiger charge is -2.30. The number of hydrogen-bond donors (Lipinski definition) is 2. The Hall–Kier alpha value is -4.16. The number of hydrogen-bond acceptors (Lipinski definition) is 6. The summed E-state index contributed by atoms with van der Waals surface area (Å²) in [6.07, 6.45) is 1.70. The summed E-state index contributed by atoms with van der Waals surface area (Å²) in [6, 6.07) is 14.0. The number of fused-ring (bicyclic) bond motifs is 1. The van der Waals surface area contributed by atoms with Gasteiger partial charge in [-0.15, -0.1) is 17.3 Å². The molecule has 34 heavy (non-hydrogen) atoms. The molecule has 2 aliphatic heterocycles. The van der Waals surface area contributed by atoms with Gasteiger partial charge in [-0.3, -0.25) is 19.9 Å².